The highest BCUT2D eigenvalue weighted by molar-refractivity contribution is 5.55. The first-order valence-electron chi connectivity index (χ1n) is 12.9. The maximum absolute atomic E-state index is 5.77. The van der Waals surface area contributed by atoms with Crippen molar-refractivity contribution in [1.82, 2.24) is 9.97 Å². The Balaban J connectivity index is 1.62. The van der Waals surface area contributed by atoms with Crippen LogP contribution in [0.5, 0.6) is 5.75 Å². The lowest BCUT2D eigenvalue weighted by Gasteiger charge is -2.07. The van der Waals surface area contributed by atoms with E-state index >= 15 is 0 Å². The molecule has 1 heterocycles. The molecule has 0 atom stereocenters. The number of rotatable bonds is 18. The van der Waals surface area contributed by atoms with Crippen LogP contribution in [0.1, 0.15) is 109 Å². The standard InChI is InChI=1S/C28H44N2O/c1-3-5-7-9-10-11-12-13-15-17-25-18-20-26(21-19-25)28-29-23-27(24-30-28)31-22-16-14-8-6-4-2/h18-21,23-24H,3-17,22H2,1-2H3. The third kappa shape index (κ3) is 11.3. The summed E-state index contributed by atoms with van der Waals surface area (Å²) in [6.45, 7) is 5.27. The van der Waals surface area contributed by atoms with Gasteiger partial charge in [-0.1, -0.05) is 115 Å². The number of ether oxygens (including phenoxy) is 1. The maximum atomic E-state index is 5.77. The van der Waals surface area contributed by atoms with Crippen molar-refractivity contribution in [3.05, 3.63) is 42.2 Å². The van der Waals surface area contributed by atoms with Gasteiger partial charge in [-0.25, -0.2) is 9.97 Å². The van der Waals surface area contributed by atoms with Crippen LogP contribution in [0, 0.1) is 0 Å². The van der Waals surface area contributed by atoms with E-state index in [4.69, 9.17) is 4.74 Å². The Morgan fingerprint density at radius 2 is 1.13 bits per heavy atom. The van der Waals surface area contributed by atoms with E-state index in [0.29, 0.717) is 0 Å². The molecule has 2 rings (SSSR count). The predicted octanol–water partition coefficient (Wildman–Crippen LogP) is 8.57. The Bertz CT molecular complexity index is 666. The number of nitrogens with zero attached hydrogens (tertiary/aromatic N) is 2. The first kappa shape index (κ1) is 25.4. The summed E-state index contributed by atoms with van der Waals surface area (Å²) >= 11 is 0. The van der Waals surface area contributed by atoms with Crippen LogP contribution in [0.25, 0.3) is 11.4 Å². The van der Waals surface area contributed by atoms with Crippen molar-refractivity contribution in [2.45, 2.75) is 110 Å². The quantitative estimate of drug-likeness (QED) is 0.225. The molecule has 3 heteroatoms. The van der Waals surface area contributed by atoms with Crippen LogP contribution in [0.3, 0.4) is 0 Å². The minimum absolute atomic E-state index is 0.750. The molecular formula is C28H44N2O. The van der Waals surface area contributed by atoms with Gasteiger partial charge in [-0.15, -0.1) is 0 Å². The lowest BCUT2D eigenvalue weighted by atomic mass is 10.0. The van der Waals surface area contributed by atoms with Crippen molar-refractivity contribution in [1.29, 1.82) is 0 Å². The van der Waals surface area contributed by atoms with Crippen LogP contribution < -0.4 is 4.74 Å². The summed E-state index contributed by atoms with van der Waals surface area (Å²) < 4.78 is 5.77. The topological polar surface area (TPSA) is 35.0 Å². The molecule has 172 valence electrons. The average Bonchev–Trinajstić information content (AvgIpc) is 2.81. The molecule has 0 spiro atoms. The SMILES string of the molecule is CCCCCCCCCCCc1ccc(-c2ncc(OCCCCCCC)cn2)cc1. The largest absolute Gasteiger partial charge is 0.490 e. The summed E-state index contributed by atoms with van der Waals surface area (Å²) in [4.78, 5) is 8.99. The summed E-state index contributed by atoms with van der Waals surface area (Å²) in [5.41, 5.74) is 2.48. The molecule has 31 heavy (non-hydrogen) atoms. The van der Waals surface area contributed by atoms with Crippen LogP contribution in [-0.2, 0) is 6.42 Å². The van der Waals surface area contributed by atoms with Crippen molar-refractivity contribution in [3.8, 4) is 17.1 Å². The Kier molecular flexibility index (Phi) is 13.7. The zero-order valence-corrected chi connectivity index (χ0v) is 20.1. The Hall–Kier alpha value is -1.90. The third-order valence-corrected chi connectivity index (χ3v) is 5.93. The lowest BCUT2D eigenvalue weighted by Crippen LogP contribution is -1.99. The van der Waals surface area contributed by atoms with Crippen LogP contribution in [0.15, 0.2) is 36.7 Å². The first-order chi connectivity index (χ1) is 15.3. The number of hydrogen-bond acceptors (Lipinski definition) is 3. The molecule has 0 aliphatic rings. The number of unbranched alkanes of at least 4 members (excludes halogenated alkanes) is 12. The van der Waals surface area contributed by atoms with Gasteiger partial charge in [0.1, 0.15) is 0 Å². The third-order valence-electron chi connectivity index (χ3n) is 5.93. The molecule has 0 amide bonds. The molecule has 0 saturated carbocycles. The van der Waals surface area contributed by atoms with Crippen LogP contribution in [0.4, 0.5) is 0 Å². The van der Waals surface area contributed by atoms with Crippen LogP contribution >= 0.6 is 0 Å². The smallest absolute Gasteiger partial charge is 0.159 e. The molecule has 0 fully saturated rings. The first-order valence-corrected chi connectivity index (χ1v) is 12.9. The molecule has 0 unspecified atom stereocenters. The zero-order valence-electron chi connectivity index (χ0n) is 20.1. The highest BCUT2D eigenvalue weighted by atomic mass is 16.5. The summed E-state index contributed by atoms with van der Waals surface area (Å²) in [5, 5.41) is 0. The normalized spacial score (nSPS) is 11.0. The van der Waals surface area contributed by atoms with E-state index in [1.807, 2.05) is 0 Å². The monoisotopic (exact) mass is 424 g/mol. The lowest BCUT2D eigenvalue weighted by molar-refractivity contribution is 0.302. The second-order valence-corrected chi connectivity index (χ2v) is 8.78. The van der Waals surface area contributed by atoms with E-state index in [0.717, 1.165) is 30.2 Å². The van der Waals surface area contributed by atoms with Crippen molar-refractivity contribution >= 4 is 0 Å². The van der Waals surface area contributed by atoms with E-state index in [2.05, 4.69) is 48.1 Å². The molecule has 1 aromatic heterocycles. The van der Waals surface area contributed by atoms with Gasteiger partial charge in [0.2, 0.25) is 0 Å². The van der Waals surface area contributed by atoms with Gasteiger partial charge in [0.15, 0.2) is 11.6 Å². The number of aryl methyl sites for hydroxylation is 1. The van der Waals surface area contributed by atoms with Gasteiger partial charge in [0, 0.05) is 5.56 Å². The van der Waals surface area contributed by atoms with E-state index in [1.165, 1.54) is 95.5 Å². The number of hydrogen-bond donors (Lipinski definition) is 0. The van der Waals surface area contributed by atoms with Crippen molar-refractivity contribution < 1.29 is 4.74 Å². The Morgan fingerprint density at radius 3 is 1.71 bits per heavy atom. The van der Waals surface area contributed by atoms with Crippen molar-refractivity contribution in [2.24, 2.45) is 0 Å². The molecule has 1 aromatic carbocycles. The second-order valence-electron chi connectivity index (χ2n) is 8.78. The molecule has 0 saturated heterocycles. The molecule has 0 aliphatic carbocycles. The highest BCUT2D eigenvalue weighted by Crippen LogP contribution is 2.19. The maximum Gasteiger partial charge on any atom is 0.159 e. The van der Waals surface area contributed by atoms with Crippen molar-refractivity contribution in [2.75, 3.05) is 6.61 Å². The van der Waals surface area contributed by atoms with Gasteiger partial charge >= 0.3 is 0 Å². The predicted molar refractivity (Wildman–Crippen MR) is 133 cm³/mol. The minimum Gasteiger partial charge on any atom is -0.490 e. The summed E-state index contributed by atoms with van der Waals surface area (Å²) in [5.74, 6) is 1.53. The molecule has 0 N–H and O–H groups in total. The average molecular weight is 425 g/mol. The van der Waals surface area contributed by atoms with E-state index in [1.54, 1.807) is 12.4 Å². The molecule has 0 aliphatic heterocycles. The molecular weight excluding hydrogens is 380 g/mol. The van der Waals surface area contributed by atoms with Crippen LogP contribution in [-0.4, -0.2) is 16.6 Å². The second kappa shape index (κ2) is 16.8. The zero-order chi connectivity index (χ0) is 22.0. The Morgan fingerprint density at radius 1 is 0.613 bits per heavy atom. The van der Waals surface area contributed by atoms with Crippen molar-refractivity contribution in [3.63, 3.8) is 0 Å². The van der Waals surface area contributed by atoms with Gasteiger partial charge < -0.3 is 4.74 Å². The number of aromatic nitrogens is 2. The fraction of sp³-hybridized carbons (Fsp3) is 0.643. The summed E-state index contributed by atoms with van der Waals surface area (Å²) in [6.07, 6.45) is 23.4. The minimum atomic E-state index is 0.750. The van der Waals surface area contributed by atoms with Gasteiger partial charge in [0.25, 0.3) is 0 Å². The van der Waals surface area contributed by atoms with Gasteiger partial charge in [-0.05, 0) is 24.8 Å². The van der Waals surface area contributed by atoms with Gasteiger partial charge in [-0.3, -0.25) is 0 Å². The number of benzene rings is 1. The summed E-state index contributed by atoms with van der Waals surface area (Å²) in [7, 11) is 0. The summed E-state index contributed by atoms with van der Waals surface area (Å²) in [6, 6.07) is 8.74. The molecule has 3 nitrogen and oxygen atoms in total. The molecule has 2 aromatic rings. The van der Waals surface area contributed by atoms with Gasteiger partial charge in [0.05, 0.1) is 19.0 Å². The molecule has 0 bridgehead atoms. The fourth-order valence-electron chi connectivity index (χ4n) is 3.90. The van der Waals surface area contributed by atoms with E-state index in [-0.39, 0.29) is 0 Å². The molecule has 0 radical (unpaired) electrons. The Labute approximate surface area is 191 Å². The van der Waals surface area contributed by atoms with E-state index < -0.39 is 0 Å². The van der Waals surface area contributed by atoms with Gasteiger partial charge in [-0.2, -0.15) is 0 Å². The highest BCUT2D eigenvalue weighted by Gasteiger charge is 2.03. The fourth-order valence-corrected chi connectivity index (χ4v) is 3.90. The van der Waals surface area contributed by atoms with Crippen LogP contribution in [0.2, 0.25) is 0 Å². The van der Waals surface area contributed by atoms with E-state index in [9.17, 15) is 0 Å².